The van der Waals surface area contributed by atoms with Crippen molar-refractivity contribution in [1.29, 1.82) is 0 Å². The maximum atomic E-state index is 13.0. The first-order valence-corrected chi connectivity index (χ1v) is 11.5. The molecule has 7 heteroatoms. The maximum Gasteiger partial charge on any atom is 0.264 e. The molecule has 3 rings (SSSR count). The van der Waals surface area contributed by atoms with Gasteiger partial charge in [-0.2, -0.15) is 0 Å². The summed E-state index contributed by atoms with van der Waals surface area (Å²) in [6.07, 6.45) is 0.761. The molecule has 3 aromatic rings. The second-order valence-electron chi connectivity index (χ2n) is 7.17. The van der Waals surface area contributed by atoms with Crippen LogP contribution in [0.2, 0.25) is 0 Å². The summed E-state index contributed by atoms with van der Waals surface area (Å²) >= 11 is 0. The number of rotatable bonds is 9. The van der Waals surface area contributed by atoms with Crippen LogP contribution in [-0.2, 0) is 10.0 Å². The summed E-state index contributed by atoms with van der Waals surface area (Å²) in [5, 5.41) is 2.91. The quantitative estimate of drug-likeness (QED) is 0.518. The Morgan fingerprint density at radius 3 is 2.10 bits per heavy atom. The van der Waals surface area contributed by atoms with Gasteiger partial charge >= 0.3 is 0 Å². The van der Waals surface area contributed by atoms with E-state index >= 15 is 0 Å². The van der Waals surface area contributed by atoms with Crippen molar-refractivity contribution in [3.8, 4) is 0 Å². The molecule has 1 amide bonds. The Morgan fingerprint density at radius 2 is 1.42 bits per heavy atom. The molecule has 0 spiro atoms. The molecule has 6 nitrogen and oxygen atoms in total. The van der Waals surface area contributed by atoms with Crippen LogP contribution in [0.15, 0.2) is 89.8 Å². The molecule has 162 valence electrons. The van der Waals surface area contributed by atoms with Crippen LogP contribution in [0.3, 0.4) is 0 Å². The first-order chi connectivity index (χ1) is 14.9. The number of carbonyl (C=O) groups excluding carboxylic acids is 1. The number of para-hydroxylation sites is 2. The van der Waals surface area contributed by atoms with Gasteiger partial charge in [-0.25, -0.2) is 8.42 Å². The van der Waals surface area contributed by atoms with Crippen molar-refractivity contribution in [2.24, 2.45) is 0 Å². The van der Waals surface area contributed by atoms with Crippen LogP contribution in [0.5, 0.6) is 0 Å². The average molecular weight is 438 g/mol. The van der Waals surface area contributed by atoms with Gasteiger partial charge in [-0.15, -0.1) is 0 Å². The van der Waals surface area contributed by atoms with Crippen LogP contribution < -0.4 is 14.5 Å². The summed E-state index contributed by atoms with van der Waals surface area (Å²) in [6, 6.07) is 24.9. The first kappa shape index (κ1) is 22.4. The zero-order valence-corrected chi connectivity index (χ0v) is 18.5. The Balaban J connectivity index is 1.65. The number of carbonyl (C=O) groups is 1. The minimum absolute atomic E-state index is 0.177. The van der Waals surface area contributed by atoms with E-state index in [0.29, 0.717) is 17.8 Å². The van der Waals surface area contributed by atoms with Crippen molar-refractivity contribution < 1.29 is 13.2 Å². The molecule has 0 radical (unpaired) electrons. The van der Waals surface area contributed by atoms with E-state index in [9.17, 15) is 13.2 Å². The largest absolute Gasteiger partial charge is 0.375 e. The Bertz CT molecular complexity index is 1100. The van der Waals surface area contributed by atoms with Gasteiger partial charge in [0.2, 0.25) is 0 Å². The highest BCUT2D eigenvalue weighted by molar-refractivity contribution is 7.92. The third kappa shape index (κ3) is 5.44. The van der Waals surface area contributed by atoms with Gasteiger partial charge in [0, 0.05) is 32.9 Å². The third-order valence-electron chi connectivity index (χ3n) is 5.04. The van der Waals surface area contributed by atoms with Crippen molar-refractivity contribution in [3.63, 3.8) is 0 Å². The second-order valence-corrected chi connectivity index (χ2v) is 9.14. The number of nitrogens with one attached hydrogen (secondary N) is 1. The fraction of sp³-hybridized carbons (Fsp3) is 0.208. The molecule has 0 aliphatic rings. The molecule has 0 heterocycles. The predicted molar refractivity (Wildman–Crippen MR) is 125 cm³/mol. The standard InChI is InChI=1S/C24H27N3O3S/c1-26(20-12-5-3-6-13-20)19-11-18-25-24(28)22-16-9-10-17-23(22)27(2)31(29,30)21-14-7-4-8-15-21/h3-10,12-17H,11,18-19H2,1-2H3,(H,25,28). The van der Waals surface area contributed by atoms with Crippen molar-refractivity contribution in [2.75, 3.05) is 36.4 Å². The predicted octanol–water partition coefficient (Wildman–Crippen LogP) is 3.77. The number of hydrogen-bond acceptors (Lipinski definition) is 4. The molecule has 3 aromatic carbocycles. The SMILES string of the molecule is CN(CCCNC(=O)c1ccccc1N(C)S(=O)(=O)c1ccccc1)c1ccccc1. The molecule has 31 heavy (non-hydrogen) atoms. The van der Waals surface area contributed by atoms with E-state index in [2.05, 4.69) is 10.2 Å². The highest BCUT2D eigenvalue weighted by atomic mass is 32.2. The van der Waals surface area contributed by atoms with E-state index in [-0.39, 0.29) is 10.8 Å². The Labute approximate surface area is 184 Å². The fourth-order valence-corrected chi connectivity index (χ4v) is 4.48. The first-order valence-electron chi connectivity index (χ1n) is 10.1. The molecule has 0 saturated heterocycles. The lowest BCUT2D eigenvalue weighted by molar-refractivity contribution is 0.0954. The molecular formula is C24H27N3O3S. The van der Waals surface area contributed by atoms with Gasteiger partial charge in [-0.1, -0.05) is 48.5 Å². The van der Waals surface area contributed by atoms with Crippen LogP contribution in [0.25, 0.3) is 0 Å². The molecule has 0 fully saturated rings. The molecule has 0 saturated carbocycles. The lowest BCUT2D eigenvalue weighted by atomic mass is 10.1. The molecule has 1 N–H and O–H groups in total. The van der Waals surface area contributed by atoms with Crippen molar-refractivity contribution >= 4 is 27.3 Å². The van der Waals surface area contributed by atoms with Gasteiger partial charge in [0.05, 0.1) is 16.1 Å². The molecular weight excluding hydrogens is 410 g/mol. The fourth-order valence-electron chi connectivity index (χ4n) is 3.25. The van der Waals surface area contributed by atoms with Gasteiger partial charge in [0.25, 0.3) is 15.9 Å². The Morgan fingerprint density at radius 1 is 0.839 bits per heavy atom. The average Bonchev–Trinajstić information content (AvgIpc) is 2.82. The normalized spacial score (nSPS) is 11.0. The smallest absolute Gasteiger partial charge is 0.264 e. The highest BCUT2D eigenvalue weighted by Crippen LogP contribution is 2.25. The molecule has 0 bridgehead atoms. The van der Waals surface area contributed by atoms with E-state index in [1.807, 2.05) is 37.4 Å². The van der Waals surface area contributed by atoms with Gasteiger partial charge in [-0.3, -0.25) is 9.10 Å². The van der Waals surface area contributed by atoms with E-state index in [1.165, 1.54) is 19.2 Å². The third-order valence-corrected chi connectivity index (χ3v) is 6.83. The van der Waals surface area contributed by atoms with Crippen LogP contribution >= 0.6 is 0 Å². The van der Waals surface area contributed by atoms with Crippen molar-refractivity contribution in [1.82, 2.24) is 5.32 Å². The van der Waals surface area contributed by atoms with E-state index in [1.54, 1.807) is 42.5 Å². The summed E-state index contributed by atoms with van der Waals surface area (Å²) in [7, 11) is -0.297. The van der Waals surface area contributed by atoms with Crippen LogP contribution in [0, 0.1) is 0 Å². The number of benzene rings is 3. The highest BCUT2D eigenvalue weighted by Gasteiger charge is 2.24. The Hall–Kier alpha value is -3.32. The van der Waals surface area contributed by atoms with E-state index in [4.69, 9.17) is 0 Å². The summed E-state index contributed by atoms with van der Waals surface area (Å²) in [4.78, 5) is 15.1. The molecule has 0 aromatic heterocycles. The van der Waals surface area contributed by atoms with Crippen LogP contribution in [-0.4, -0.2) is 41.5 Å². The summed E-state index contributed by atoms with van der Waals surface area (Å²) in [5.74, 6) is -0.298. The molecule has 0 atom stereocenters. The second kappa shape index (κ2) is 10.1. The summed E-state index contributed by atoms with van der Waals surface area (Å²) in [6.45, 7) is 1.27. The lowest BCUT2D eigenvalue weighted by Gasteiger charge is -2.22. The van der Waals surface area contributed by atoms with E-state index in [0.717, 1.165) is 23.0 Å². The van der Waals surface area contributed by atoms with Crippen molar-refractivity contribution in [3.05, 3.63) is 90.5 Å². The summed E-state index contributed by atoms with van der Waals surface area (Å²) < 4.78 is 27.1. The minimum atomic E-state index is -3.77. The van der Waals surface area contributed by atoms with Gasteiger partial charge in [-0.05, 0) is 42.8 Å². The zero-order valence-electron chi connectivity index (χ0n) is 17.7. The number of amides is 1. The van der Waals surface area contributed by atoms with Crippen LogP contribution in [0.1, 0.15) is 16.8 Å². The molecule has 0 aliphatic carbocycles. The van der Waals surface area contributed by atoms with Gasteiger partial charge < -0.3 is 10.2 Å². The lowest BCUT2D eigenvalue weighted by Crippen LogP contribution is -2.32. The molecule has 0 unspecified atom stereocenters. The number of nitrogens with zero attached hydrogens (tertiary/aromatic N) is 2. The number of hydrogen-bond donors (Lipinski definition) is 1. The monoisotopic (exact) mass is 437 g/mol. The summed E-state index contributed by atoms with van der Waals surface area (Å²) in [5.41, 5.74) is 1.78. The van der Waals surface area contributed by atoms with Crippen molar-refractivity contribution in [2.45, 2.75) is 11.3 Å². The maximum absolute atomic E-state index is 13.0. The molecule has 0 aliphatic heterocycles. The number of sulfonamides is 1. The Kier molecular flexibility index (Phi) is 7.31. The van der Waals surface area contributed by atoms with Gasteiger partial charge in [0.1, 0.15) is 0 Å². The zero-order chi connectivity index (χ0) is 22.3. The van der Waals surface area contributed by atoms with Crippen LogP contribution in [0.4, 0.5) is 11.4 Å². The topological polar surface area (TPSA) is 69.7 Å². The number of anilines is 2. The van der Waals surface area contributed by atoms with Gasteiger partial charge in [0.15, 0.2) is 0 Å². The van der Waals surface area contributed by atoms with E-state index < -0.39 is 10.0 Å². The minimum Gasteiger partial charge on any atom is -0.375 e.